The summed E-state index contributed by atoms with van der Waals surface area (Å²) >= 11 is 3.20. The van der Waals surface area contributed by atoms with Crippen molar-refractivity contribution in [3.05, 3.63) is 34.7 Å². The number of nitrogens with zero attached hydrogens (tertiary/aromatic N) is 1. The van der Waals surface area contributed by atoms with Crippen molar-refractivity contribution in [2.75, 3.05) is 5.75 Å². The topological polar surface area (TPSA) is 39.1 Å². The van der Waals surface area contributed by atoms with Gasteiger partial charge in [-0.1, -0.05) is 0 Å². The van der Waals surface area contributed by atoms with Crippen LogP contribution in [-0.4, -0.2) is 18.1 Å². The van der Waals surface area contributed by atoms with E-state index in [2.05, 4.69) is 15.9 Å². The molecule has 86 valence electrons. The standard InChI is InChI=1S/C10H9BrFNO2S/c1-2-16(14,15)13-4-3-8-9(11)5-7(12)6-10(8)13/h3-6H,2H2,1H3. The van der Waals surface area contributed by atoms with Gasteiger partial charge in [0.2, 0.25) is 10.0 Å². The van der Waals surface area contributed by atoms with Crippen molar-refractivity contribution in [1.82, 2.24) is 3.97 Å². The molecule has 2 rings (SSSR count). The maximum atomic E-state index is 13.2. The molecular formula is C10H9BrFNO2S. The molecule has 0 aliphatic heterocycles. The van der Waals surface area contributed by atoms with Gasteiger partial charge in [0.15, 0.2) is 0 Å². The summed E-state index contributed by atoms with van der Waals surface area (Å²) in [4.78, 5) is 0. The Hall–Kier alpha value is -0.880. The highest BCUT2D eigenvalue weighted by Gasteiger charge is 2.15. The quantitative estimate of drug-likeness (QED) is 0.856. The molecule has 0 N–H and O–H groups in total. The zero-order chi connectivity index (χ0) is 11.9. The average Bonchev–Trinajstić information content (AvgIpc) is 2.62. The van der Waals surface area contributed by atoms with Crippen LogP contribution in [0.5, 0.6) is 0 Å². The Morgan fingerprint density at radius 2 is 2.12 bits per heavy atom. The number of aromatic nitrogens is 1. The van der Waals surface area contributed by atoms with E-state index >= 15 is 0 Å². The van der Waals surface area contributed by atoms with Crippen molar-refractivity contribution < 1.29 is 12.8 Å². The minimum Gasteiger partial charge on any atom is -0.245 e. The van der Waals surface area contributed by atoms with Gasteiger partial charge in [0.05, 0.1) is 11.3 Å². The fourth-order valence-electron chi connectivity index (χ4n) is 1.52. The molecule has 0 amide bonds. The van der Waals surface area contributed by atoms with E-state index in [9.17, 15) is 12.8 Å². The van der Waals surface area contributed by atoms with Gasteiger partial charge in [0.25, 0.3) is 0 Å². The van der Waals surface area contributed by atoms with Crippen molar-refractivity contribution in [2.45, 2.75) is 6.92 Å². The molecule has 0 spiro atoms. The van der Waals surface area contributed by atoms with Crippen LogP contribution in [0.4, 0.5) is 4.39 Å². The summed E-state index contributed by atoms with van der Waals surface area (Å²) in [6, 6.07) is 4.17. The van der Waals surface area contributed by atoms with E-state index < -0.39 is 15.8 Å². The Morgan fingerprint density at radius 1 is 1.44 bits per heavy atom. The van der Waals surface area contributed by atoms with Gasteiger partial charge in [-0.2, -0.15) is 0 Å². The van der Waals surface area contributed by atoms with Gasteiger partial charge in [-0.3, -0.25) is 0 Å². The molecule has 0 saturated carbocycles. The van der Waals surface area contributed by atoms with Gasteiger partial charge in [0, 0.05) is 16.1 Å². The molecule has 0 unspecified atom stereocenters. The minimum absolute atomic E-state index is 0.0229. The van der Waals surface area contributed by atoms with Gasteiger partial charge >= 0.3 is 0 Å². The zero-order valence-electron chi connectivity index (χ0n) is 8.44. The number of hydrogen-bond acceptors (Lipinski definition) is 2. The summed E-state index contributed by atoms with van der Waals surface area (Å²) in [5, 5.41) is 0.679. The normalized spacial score (nSPS) is 12.2. The van der Waals surface area contributed by atoms with E-state index in [0.29, 0.717) is 15.4 Å². The third kappa shape index (κ3) is 1.76. The Kier molecular flexibility index (Phi) is 2.79. The van der Waals surface area contributed by atoms with Gasteiger partial charge < -0.3 is 0 Å². The smallest absolute Gasteiger partial charge is 0.238 e. The van der Waals surface area contributed by atoms with Crippen LogP contribution in [0.15, 0.2) is 28.9 Å². The number of hydrogen-bond donors (Lipinski definition) is 0. The van der Waals surface area contributed by atoms with Crippen LogP contribution in [0.1, 0.15) is 6.92 Å². The fourth-order valence-corrected chi connectivity index (χ4v) is 3.05. The third-order valence-electron chi connectivity index (χ3n) is 2.35. The first-order chi connectivity index (χ1) is 7.45. The molecule has 0 radical (unpaired) electrons. The van der Waals surface area contributed by atoms with E-state index in [0.717, 1.165) is 3.97 Å². The highest BCUT2D eigenvalue weighted by Crippen LogP contribution is 2.27. The molecule has 6 heteroatoms. The second-order valence-corrected chi connectivity index (χ2v) is 6.32. The Morgan fingerprint density at radius 3 is 2.75 bits per heavy atom. The van der Waals surface area contributed by atoms with Gasteiger partial charge in [-0.15, -0.1) is 0 Å². The Balaban J connectivity index is 2.85. The number of fused-ring (bicyclic) bond motifs is 1. The van der Waals surface area contributed by atoms with Gasteiger partial charge in [-0.25, -0.2) is 16.8 Å². The zero-order valence-corrected chi connectivity index (χ0v) is 10.8. The van der Waals surface area contributed by atoms with Crippen molar-refractivity contribution in [1.29, 1.82) is 0 Å². The predicted octanol–water partition coefficient (Wildman–Crippen LogP) is 2.74. The van der Waals surface area contributed by atoms with Gasteiger partial charge in [0.1, 0.15) is 5.82 Å². The Bertz CT molecular complexity index is 648. The van der Waals surface area contributed by atoms with Gasteiger partial charge in [-0.05, 0) is 41.1 Å². The first-order valence-corrected chi connectivity index (χ1v) is 7.05. The van der Waals surface area contributed by atoms with Crippen molar-refractivity contribution in [2.24, 2.45) is 0 Å². The molecule has 0 aliphatic carbocycles. The maximum absolute atomic E-state index is 13.2. The molecule has 1 aromatic heterocycles. The van der Waals surface area contributed by atoms with Crippen LogP contribution in [0.25, 0.3) is 10.9 Å². The van der Waals surface area contributed by atoms with Crippen LogP contribution < -0.4 is 0 Å². The molecule has 1 aromatic carbocycles. The maximum Gasteiger partial charge on any atom is 0.238 e. The van der Waals surface area contributed by atoms with Crippen LogP contribution >= 0.6 is 15.9 Å². The van der Waals surface area contributed by atoms with Crippen LogP contribution in [-0.2, 0) is 10.0 Å². The van der Waals surface area contributed by atoms with Crippen molar-refractivity contribution in [3.63, 3.8) is 0 Å². The van der Waals surface area contributed by atoms with Crippen molar-refractivity contribution >= 4 is 36.9 Å². The second-order valence-electron chi connectivity index (χ2n) is 3.33. The monoisotopic (exact) mass is 305 g/mol. The molecule has 3 nitrogen and oxygen atoms in total. The molecule has 0 aliphatic rings. The lowest BCUT2D eigenvalue weighted by molar-refractivity contribution is 0.590. The van der Waals surface area contributed by atoms with Crippen molar-refractivity contribution in [3.8, 4) is 0 Å². The van der Waals surface area contributed by atoms with Crippen LogP contribution in [0.2, 0.25) is 0 Å². The molecule has 1 heterocycles. The minimum atomic E-state index is -3.39. The molecule has 0 atom stereocenters. The molecular weight excluding hydrogens is 297 g/mol. The first-order valence-electron chi connectivity index (χ1n) is 4.65. The summed E-state index contributed by atoms with van der Waals surface area (Å²) in [7, 11) is -3.39. The third-order valence-corrected chi connectivity index (χ3v) is 4.65. The Labute approximate surface area is 101 Å². The fraction of sp³-hybridized carbons (Fsp3) is 0.200. The van der Waals surface area contributed by atoms with E-state index in [1.54, 1.807) is 13.0 Å². The SMILES string of the molecule is CCS(=O)(=O)n1ccc2c(Br)cc(F)cc21. The number of rotatable bonds is 2. The predicted molar refractivity (Wildman–Crippen MR) is 64.5 cm³/mol. The van der Waals surface area contributed by atoms with E-state index in [-0.39, 0.29) is 5.75 Å². The molecule has 16 heavy (non-hydrogen) atoms. The molecule has 2 aromatic rings. The summed E-state index contributed by atoms with van der Waals surface area (Å²) in [6.45, 7) is 1.55. The highest BCUT2D eigenvalue weighted by atomic mass is 79.9. The highest BCUT2D eigenvalue weighted by molar-refractivity contribution is 9.10. The van der Waals surface area contributed by atoms with E-state index in [1.165, 1.54) is 18.3 Å². The summed E-state index contributed by atoms with van der Waals surface area (Å²) in [5.41, 5.74) is 0.355. The number of benzene rings is 1. The lowest BCUT2D eigenvalue weighted by Crippen LogP contribution is -2.13. The van der Waals surface area contributed by atoms with E-state index in [4.69, 9.17) is 0 Å². The summed E-state index contributed by atoms with van der Waals surface area (Å²) < 4.78 is 38.3. The molecule has 0 saturated heterocycles. The second kappa shape index (κ2) is 3.85. The average molecular weight is 306 g/mol. The lowest BCUT2D eigenvalue weighted by Gasteiger charge is -2.05. The summed E-state index contributed by atoms with van der Waals surface area (Å²) in [5.74, 6) is -0.490. The largest absolute Gasteiger partial charge is 0.245 e. The van der Waals surface area contributed by atoms with Crippen LogP contribution in [0, 0.1) is 5.82 Å². The van der Waals surface area contributed by atoms with Crippen LogP contribution in [0.3, 0.4) is 0 Å². The summed E-state index contributed by atoms with van der Waals surface area (Å²) in [6.07, 6.45) is 1.44. The first kappa shape index (κ1) is 11.6. The molecule has 0 fully saturated rings. The lowest BCUT2D eigenvalue weighted by atomic mass is 10.2. The molecule has 0 bridgehead atoms. The number of halogens is 2. The van der Waals surface area contributed by atoms with E-state index in [1.807, 2.05) is 0 Å².